The van der Waals surface area contributed by atoms with Crippen molar-refractivity contribution in [3.05, 3.63) is 33.8 Å². The lowest BCUT2D eigenvalue weighted by atomic mass is 10.1. The van der Waals surface area contributed by atoms with Crippen LogP contribution in [0.3, 0.4) is 0 Å². The van der Waals surface area contributed by atoms with Gasteiger partial charge < -0.3 is 4.90 Å². The summed E-state index contributed by atoms with van der Waals surface area (Å²) in [5.74, 6) is -3.64. The second-order valence-electron chi connectivity index (χ2n) is 4.88. The quantitative estimate of drug-likeness (QED) is 0.672. The Morgan fingerprint density at radius 1 is 1.29 bits per heavy atom. The molecule has 2 rings (SSSR count). The molecule has 0 aromatic heterocycles. The van der Waals surface area contributed by atoms with Crippen LogP contribution in [-0.4, -0.2) is 29.8 Å². The third kappa shape index (κ3) is 3.72. The highest BCUT2D eigenvalue weighted by Gasteiger charge is 2.38. The Morgan fingerprint density at radius 2 is 1.95 bits per heavy atom. The van der Waals surface area contributed by atoms with Gasteiger partial charge in [-0.3, -0.25) is 4.79 Å². The fourth-order valence-corrected chi connectivity index (χ4v) is 2.80. The van der Waals surface area contributed by atoms with Gasteiger partial charge in [0.15, 0.2) is 0 Å². The van der Waals surface area contributed by atoms with E-state index in [1.165, 1.54) is 0 Å². The fourth-order valence-electron chi connectivity index (χ4n) is 2.20. The minimum atomic E-state index is -4.54. The topological polar surface area (TPSA) is 20.3 Å². The van der Waals surface area contributed by atoms with Gasteiger partial charge in [0.25, 0.3) is 11.8 Å². The molecule has 1 amide bonds. The van der Waals surface area contributed by atoms with Gasteiger partial charge in [0.05, 0.1) is 12.1 Å². The van der Waals surface area contributed by atoms with Crippen molar-refractivity contribution in [1.29, 1.82) is 0 Å². The van der Waals surface area contributed by atoms with Crippen LogP contribution in [-0.2, 0) is 6.18 Å². The molecule has 116 valence electrons. The summed E-state index contributed by atoms with van der Waals surface area (Å²) in [7, 11) is 0. The summed E-state index contributed by atoms with van der Waals surface area (Å²) in [6.45, 7) is -0.530. The lowest BCUT2D eigenvalue weighted by Crippen LogP contribution is -2.45. The molecule has 0 saturated carbocycles. The molecule has 2 nitrogen and oxygen atoms in total. The molecule has 0 unspecified atom stereocenters. The van der Waals surface area contributed by atoms with Crippen LogP contribution in [0.15, 0.2) is 22.7 Å². The highest BCUT2D eigenvalue weighted by molar-refractivity contribution is 9.10. The molecule has 1 aromatic rings. The molecule has 1 heterocycles. The van der Waals surface area contributed by atoms with E-state index in [4.69, 9.17) is 0 Å². The molecule has 1 aliphatic rings. The van der Waals surface area contributed by atoms with E-state index in [2.05, 4.69) is 15.9 Å². The van der Waals surface area contributed by atoms with E-state index < -0.39 is 30.1 Å². The number of likely N-dealkylation sites (tertiary alicyclic amines) is 1. The van der Waals surface area contributed by atoms with Crippen LogP contribution in [0.5, 0.6) is 0 Å². The largest absolute Gasteiger partial charge is 0.417 e. The normalized spacial score (nSPS) is 18.7. The molecule has 0 bridgehead atoms. The molecule has 1 fully saturated rings. The summed E-state index contributed by atoms with van der Waals surface area (Å²) in [5.41, 5.74) is -0.962. The zero-order chi connectivity index (χ0) is 15.8. The first-order chi connectivity index (χ1) is 9.60. The Bertz CT molecular complexity index is 558. The smallest absolute Gasteiger partial charge is 0.333 e. The minimum Gasteiger partial charge on any atom is -0.333 e. The van der Waals surface area contributed by atoms with Crippen molar-refractivity contribution in [2.45, 2.75) is 24.9 Å². The lowest BCUT2D eigenvalue weighted by Gasteiger charge is -2.32. The van der Waals surface area contributed by atoms with Crippen LogP contribution in [0, 0.1) is 0 Å². The first-order valence-electron chi connectivity index (χ1n) is 6.14. The van der Waals surface area contributed by atoms with E-state index >= 15 is 0 Å². The second-order valence-corrected chi connectivity index (χ2v) is 5.73. The number of halogens is 6. The molecule has 0 atom stereocenters. The molecule has 1 saturated heterocycles. The average molecular weight is 372 g/mol. The van der Waals surface area contributed by atoms with Gasteiger partial charge in [-0.15, -0.1) is 0 Å². The van der Waals surface area contributed by atoms with Gasteiger partial charge >= 0.3 is 6.18 Å². The molecule has 1 aliphatic heterocycles. The maximum Gasteiger partial charge on any atom is 0.417 e. The summed E-state index contributed by atoms with van der Waals surface area (Å²) in [4.78, 5) is 13.1. The van der Waals surface area contributed by atoms with Crippen molar-refractivity contribution < 1.29 is 26.7 Å². The van der Waals surface area contributed by atoms with Crippen LogP contribution in [0.2, 0.25) is 0 Å². The predicted molar refractivity (Wildman–Crippen MR) is 69.2 cm³/mol. The zero-order valence-electron chi connectivity index (χ0n) is 10.7. The summed E-state index contributed by atoms with van der Waals surface area (Å²) < 4.78 is 64.1. The van der Waals surface area contributed by atoms with E-state index in [0.29, 0.717) is 0 Å². The minimum absolute atomic E-state index is 0.0485. The fraction of sp³-hybridized carbons (Fsp3) is 0.462. The molecule has 21 heavy (non-hydrogen) atoms. The number of nitrogens with zero attached hydrogens (tertiary/aromatic N) is 1. The SMILES string of the molecule is O=C(c1ccc(C(F)(F)F)c(Br)c1)N1CCCC(F)(F)C1. The summed E-state index contributed by atoms with van der Waals surface area (Å²) in [5, 5.41) is 0. The van der Waals surface area contributed by atoms with Gasteiger partial charge in [-0.1, -0.05) is 15.9 Å². The van der Waals surface area contributed by atoms with E-state index in [1.54, 1.807) is 0 Å². The van der Waals surface area contributed by atoms with E-state index in [9.17, 15) is 26.7 Å². The molecule has 0 radical (unpaired) electrons. The number of piperidine rings is 1. The molecular formula is C13H11BrF5NO. The maximum absolute atomic E-state index is 13.3. The lowest BCUT2D eigenvalue weighted by molar-refractivity contribution is -0.138. The number of rotatable bonds is 1. The van der Waals surface area contributed by atoms with E-state index in [0.717, 1.165) is 23.1 Å². The Morgan fingerprint density at radius 3 is 2.48 bits per heavy atom. The number of alkyl halides is 5. The zero-order valence-corrected chi connectivity index (χ0v) is 12.3. The van der Waals surface area contributed by atoms with E-state index in [-0.39, 0.29) is 29.4 Å². The van der Waals surface area contributed by atoms with Gasteiger partial charge in [0.2, 0.25) is 0 Å². The van der Waals surface area contributed by atoms with Crippen LogP contribution in [0.25, 0.3) is 0 Å². The number of carbonyl (C=O) groups is 1. The Labute approximate surface area is 126 Å². The summed E-state index contributed by atoms with van der Waals surface area (Å²) >= 11 is 2.76. The number of carbonyl (C=O) groups excluding carboxylic acids is 1. The van der Waals surface area contributed by atoms with Gasteiger partial charge in [-0.25, -0.2) is 8.78 Å². The molecule has 8 heteroatoms. The van der Waals surface area contributed by atoms with Gasteiger partial charge in [0, 0.05) is 23.0 Å². The molecule has 0 aliphatic carbocycles. The van der Waals surface area contributed by atoms with Crippen molar-refractivity contribution in [2.75, 3.05) is 13.1 Å². The van der Waals surface area contributed by atoms with Crippen LogP contribution in [0.1, 0.15) is 28.8 Å². The number of benzene rings is 1. The monoisotopic (exact) mass is 371 g/mol. The number of hydrogen-bond acceptors (Lipinski definition) is 1. The first-order valence-corrected chi connectivity index (χ1v) is 6.93. The van der Waals surface area contributed by atoms with Crippen molar-refractivity contribution in [2.24, 2.45) is 0 Å². The first kappa shape index (κ1) is 16.2. The van der Waals surface area contributed by atoms with Crippen LogP contribution < -0.4 is 0 Å². The number of amides is 1. The molecule has 0 spiro atoms. The van der Waals surface area contributed by atoms with Crippen LogP contribution in [0.4, 0.5) is 22.0 Å². The Hall–Kier alpha value is -1.18. The van der Waals surface area contributed by atoms with E-state index in [1.807, 2.05) is 0 Å². The van der Waals surface area contributed by atoms with Crippen molar-refractivity contribution in [3.63, 3.8) is 0 Å². The predicted octanol–water partition coefficient (Wildman–Crippen LogP) is 4.34. The Kier molecular flexibility index (Phi) is 4.28. The molecule has 0 N–H and O–H groups in total. The van der Waals surface area contributed by atoms with Crippen molar-refractivity contribution >= 4 is 21.8 Å². The van der Waals surface area contributed by atoms with Gasteiger partial charge in [-0.05, 0) is 24.6 Å². The average Bonchev–Trinajstić information content (AvgIpc) is 2.35. The standard InChI is InChI=1S/C13H11BrF5NO/c14-10-6-8(2-3-9(10)13(17,18)19)11(21)20-5-1-4-12(15,16)7-20/h2-3,6H,1,4-5,7H2. The highest BCUT2D eigenvalue weighted by Crippen LogP contribution is 2.35. The van der Waals surface area contributed by atoms with Gasteiger partial charge in [-0.2, -0.15) is 13.2 Å². The van der Waals surface area contributed by atoms with Crippen LogP contribution >= 0.6 is 15.9 Å². The van der Waals surface area contributed by atoms with Crippen molar-refractivity contribution in [3.8, 4) is 0 Å². The molecule has 1 aromatic carbocycles. The highest BCUT2D eigenvalue weighted by atomic mass is 79.9. The van der Waals surface area contributed by atoms with Gasteiger partial charge in [0.1, 0.15) is 0 Å². The second kappa shape index (κ2) is 5.55. The summed E-state index contributed by atoms with van der Waals surface area (Å²) in [6.07, 6.45) is -4.66. The number of hydrogen-bond donors (Lipinski definition) is 0. The Balaban J connectivity index is 2.22. The molecular weight excluding hydrogens is 361 g/mol. The van der Waals surface area contributed by atoms with Crippen molar-refractivity contribution in [1.82, 2.24) is 4.90 Å². The summed E-state index contributed by atoms with van der Waals surface area (Å²) in [6, 6.07) is 2.78. The third-order valence-corrected chi connectivity index (χ3v) is 3.86. The maximum atomic E-state index is 13.3. The third-order valence-electron chi connectivity index (χ3n) is 3.20.